The van der Waals surface area contributed by atoms with Crippen LogP contribution in [0.5, 0.6) is 0 Å². The van der Waals surface area contributed by atoms with E-state index < -0.39 is 0 Å². The second-order valence-electron chi connectivity index (χ2n) is 3.65. The van der Waals surface area contributed by atoms with Gasteiger partial charge >= 0.3 is 0 Å². The largest absolute Gasteiger partial charge is 0.309 e. The topological polar surface area (TPSA) is 20.3 Å². The maximum Gasteiger partial charge on any atom is 0.124 e. The summed E-state index contributed by atoms with van der Waals surface area (Å²) in [6.45, 7) is 3.08. The van der Waals surface area contributed by atoms with Gasteiger partial charge < -0.3 is 9.69 Å². The maximum atomic E-state index is 10.6. The molecule has 72 valence electrons. The van der Waals surface area contributed by atoms with E-state index in [-0.39, 0.29) is 5.92 Å². The number of carbonyl (C=O) groups excluding carboxylic acids is 1. The molecule has 0 N–H and O–H groups in total. The highest BCUT2D eigenvalue weighted by Crippen LogP contribution is 2.08. The maximum absolute atomic E-state index is 10.6. The number of unbranched alkanes of at least 4 members (excludes halogenated alkanes) is 2. The zero-order valence-corrected chi connectivity index (χ0v) is 8.55. The standard InChI is InChI=1S/C10H21NO/c1-4-5-6-7-10(9-12)8-11(2)3/h9-10H,4-8H2,1-3H3. The molecule has 0 aliphatic rings. The Morgan fingerprint density at radius 3 is 2.42 bits per heavy atom. The summed E-state index contributed by atoms with van der Waals surface area (Å²) in [5.74, 6) is 0.242. The molecule has 2 nitrogen and oxygen atoms in total. The summed E-state index contributed by atoms with van der Waals surface area (Å²) >= 11 is 0. The Morgan fingerprint density at radius 1 is 1.33 bits per heavy atom. The molecule has 0 aliphatic carbocycles. The third-order valence-electron chi connectivity index (χ3n) is 1.97. The van der Waals surface area contributed by atoms with Gasteiger partial charge in [-0.25, -0.2) is 0 Å². The minimum absolute atomic E-state index is 0.242. The van der Waals surface area contributed by atoms with E-state index in [1.54, 1.807) is 0 Å². The molecule has 1 atom stereocenters. The summed E-state index contributed by atoms with van der Waals surface area (Å²) < 4.78 is 0. The first-order valence-electron chi connectivity index (χ1n) is 4.80. The summed E-state index contributed by atoms with van der Waals surface area (Å²) in [5, 5.41) is 0. The first kappa shape index (κ1) is 11.6. The molecule has 0 aromatic heterocycles. The third kappa shape index (κ3) is 6.35. The van der Waals surface area contributed by atoms with Gasteiger partial charge in [0.05, 0.1) is 0 Å². The van der Waals surface area contributed by atoms with Crippen molar-refractivity contribution in [1.29, 1.82) is 0 Å². The van der Waals surface area contributed by atoms with E-state index in [1.807, 2.05) is 14.1 Å². The average Bonchev–Trinajstić information content (AvgIpc) is 2.02. The minimum atomic E-state index is 0.242. The lowest BCUT2D eigenvalue weighted by Crippen LogP contribution is -2.22. The van der Waals surface area contributed by atoms with Crippen LogP contribution in [0.4, 0.5) is 0 Å². The van der Waals surface area contributed by atoms with Crippen LogP contribution in [0.1, 0.15) is 32.6 Å². The zero-order chi connectivity index (χ0) is 9.40. The number of nitrogens with zero attached hydrogens (tertiary/aromatic N) is 1. The van der Waals surface area contributed by atoms with E-state index in [0.29, 0.717) is 0 Å². The first-order chi connectivity index (χ1) is 5.70. The zero-order valence-electron chi connectivity index (χ0n) is 8.55. The van der Waals surface area contributed by atoms with Gasteiger partial charge in [-0.05, 0) is 20.5 Å². The smallest absolute Gasteiger partial charge is 0.124 e. The molecule has 0 heterocycles. The fraction of sp³-hybridized carbons (Fsp3) is 0.900. The van der Waals surface area contributed by atoms with Gasteiger partial charge in [-0.3, -0.25) is 0 Å². The molecular formula is C10H21NO. The molecule has 0 amide bonds. The Morgan fingerprint density at radius 2 is 2.00 bits per heavy atom. The molecule has 0 aromatic rings. The molecule has 0 spiro atoms. The lowest BCUT2D eigenvalue weighted by molar-refractivity contribution is -0.111. The van der Waals surface area contributed by atoms with Gasteiger partial charge in [0.2, 0.25) is 0 Å². The van der Waals surface area contributed by atoms with Crippen molar-refractivity contribution in [1.82, 2.24) is 4.90 Å². The first-order valence-corrected chi connectivity index (χ1v) is 4.80. The Labute approximate surface area is 75.9 Å². The van der Waals surface area contributed by atoms with Crippen LogP contribution in [-0.2, 0) is 4.79 Å². The third-order valence-corrected chi connectivity index (χ3v) is 1.97. The molecular weight excluding hydrogens is 150 g/mol. The highest BCUT2D eigenvalue weighted by atomic mass is 16.1. The Balaban J connectivity index is 3.46. The highest BCUT2D eigenvalue weighted by molar-refractivity contribution is 5.53. The van der Waals surface area contributed by atoms with Crippen LogP contribution in [-0.4, -0.2) is 31.8 Å². The normalized spacial score (nSPS) is 13.3. The predicted octanol–water partition coefficient (Wildman–Crippen LogP) is 1.94. The minimum Gasteiger partial charge on any atom is -0.309 e. The summed E-state index contributed by atoms with van der Waals surface area (Å²) in [6, 6.07) is 0. The van der Waals surface area contributed by atoms with E-state index in [1.165, 1.54) is 19.3 Å². The van der Waals surface area contributed by atoms with Crippen LogP contribution in [0, 0.1) is 5.92 Å². The van der Waals surface area contributed by atoms with Gasteiger partial charge in [-0.15, -0.1) is 0 Å². The Bertz CT molecular complexity index is 112. The number of aldehydes is 1. The fourth-order valence-corrected chi connectivity index (χ4v) is 1.33. The van der Waals surface area contributed by atoms with Crippen molar-refractivity contribution in [2.75, 3.05) is 20.6 Å². The van der Waals surface area contributed by atoms with Gasteiger partial charge in [0.15, 0.2) is 0 Å². The molecule has 0 aliphatic heterocycles. The van der Waals surface area contributed by atoms with Crippen molar-refractivity contribution in [3.8, 4) is 0 Å². The molecule has 0 rings (SSSR count). The van der Waals surface area contributed by atoms with Crippen LogP contribution in [0.2, 0.25) is 0 Å². The van der Waals surface area contributed by atoms with Crippen molar-refractivity contribution in [3.63, 3.8) is 0 Å². The molecule has 0 saturated heterocycles. The Kier molecular flexibility index (Phi) is 7.06. The van der Waals surface area contributed by atoms with Crippen molar-refractivity contribution >= 4 is 6.29 Å². The van der Waals surface area contributed by atoms with Crippen molar-refractivity contribution < 1.29 is 4.79 Å². The lowest BCUT2D eigenvalue weighted by Gasteiger charge is -2.15. The summed E-state index contributed by atoms with van der Waals surface area (Å²) in [5.41, 5.74) is 0. The molecule has 0 radical (unpaired) electrons. The van der Waals surface area contributed by atoms with Gasteiger partial charge in [-0.1, -0.05) is 26.2 Å². The van der Waals surface area contributed by atoms with E-state index >= 15 is 0 Å². The van der Waals surface area contributed by atoms with Gasteiger partial charge in [0.1, 0.15) is 6.29 Å². The highest BCUT2D eigenvalue weighted by Gasteiger charge is 2.07. The predicted molar refractivity (Wildman–Crippen MR) is 52.3 cm³/mol. The van der Waals surface area contributed by atoms with E-state index in [4.69, 9.17) is 0 Å². The summed E-state index contributed by atoms with van der Waals surface area (Å²) in [6.07, 6.45) is 5.81. The lowest BCUT2D eigenvalue weighted by atomic mass is 10.0. The molecule has 0 saturated carbocycles. The second-order valence-corrected chi connectivity index (χ2v) is 3.65. The molecule has 1 unspecified atom stereocenters. The second kappa shape index (κ2) is 7.29. The number of carbonyl (C=O) groups is 1. The van der Waals surface area contributed by atoms with Crippen LogP contribution < -0.4 is 0 Å². The average molecular weight is 171 g/mol. The molecule has 0 aromatic carbocycles. The van der Waals surface area contributed by atoms with E-state index in [2.05, 4.69) is 11.8 Å². The summed E-state index contributed by atoms with van der Waals surface area (Å²) in [7, 11) is 4.02. The molecule has 2 heteroatoms. The molecule has 0 bridgehead atoms. The van der Waals surface area contributed by atoms with Crippen molar-refractivity contribution in [2.24, 2.45) is 5.92 Å². The number of rotatable bonds is 7. The van der Waals surface area contributed by atoms with Crippen LogP contribution >= 0.6 is 0 Å². The van der Waals surface area contributed by atoms with E-state index in [9.17, 15) is 4.79 Å². The Hall–Kier alpha value is -0.370. The molecule has 12 heavy (non-hydrogen) atoms. The van der Waals surface area contributed by atoms with Gasteiger partial charge in [-0.2, -0.15) is 0 Å². The van der Waals surface area contributed by atoms with Crippen LogP contribution in [0.15, 0.2) is 0 Å². The number of hydrogen-bond donors (Lipinski definition) is 0. The fourth-order valence-electron chi connectivity index (χ4n) is 1.33. The van der Waals surface area contributed by atoms with Gasteiger partial charge in [0, 0.05) is 12.5 Å². The van der Waals surface area contributed by atoms with Crippen LogP contribution in [0.25, 0.3) is 0 Å². The SMILES string of the molecule is CCCCCC(C=O)CN(C)C. The molecule has 0 fully saturated rings. The van der Waals surface area contributed by atoms with Crippen LogP contribution in [0.3, 0.4) is 0 Å². The van der Waals surface area contributed by atoms with Gasteiger partial charge in [0.25, 0.3) is 0 Å². The quantitative estimate of drug-likeness (QED) is 0.431. The number of hydrogen-bond acceptors (Lipinski definition) is 2. The monoisotopic (exact) mass is 171 g/mol. The van der Waals surface area contributed by atoms with Crippen molar-refractivity contribution in [3.05, 3.63) is 0 Å². The van der Waals surface area contributed by atoms with Crippen molar-refractivity contribution in [2.45, 2.75) is 32.6 Å². The summed E-state index contributed by atoms with van der Waals surface area (Å²) in [4.78, 5) is 12.7. The van der Waals surface area contributed by atoms with E-state index in [0.717, 1.165) is 19.3 Å².